The molecular formula is C39H68N2O7. The van der Waals surface area contributed by atoms with Crippen LogP contribution >= 0.6 is 0 Å². The van der Waals surface area contributed by atoms with Gasteiger partial charge in [-0.3, -0.25) is 14.4 Å². The maximum absolute atomic E-state index is 12.6. The van der Waals surface area contributed by atoms with E-state index in [1.807, 2.05) is 0 Å². The number of rotatable bonds is 33. The summed E-state index contributed by atoms with van der Waals surface area (Å²) in [5, 5.41) is 22.4. The Morgan fingerprint density at radius 2 is 1.19 bits per heavy atom. The Morgan fingerprint density at radius 1 is 0.646 bits per heavy atom. The third-order valence-electron chi connectivity index (χ3n) is 8.15. The first-order valence-corrected chi connectivity index (χ1v) is 18.9. The van der Waals surface area contributed by atoms with Crippen molar-refractivity contribution in [1.29, 1.82) is 0 Å². The lowest BCUT2D eigenvalue weighted by Crippen LogP contribution is -2.47. The molecule has 0 bridgehead atoms. The van der Waals surface area contributed by atoms with Gasteiger partial charge in [-0.05, 0) is 70.6 Å². The number of amides is 2. The Morgan fingerprint density at radius 3 is 1.79 bits per heavy atom. The highest BCUT2D eigenvalue weighted by atomic mass is 16.5. The molecule has 0 rings (SSSR count). The number of hydrogen-bond donors (Lipinski definition) is 4. The van der Waals surface area contributed by atoms with Crippen LogP contribution in [0.4, 0.5) is 0 Å². The highest BCUT2D eigenvalue weighted by Crippen LogP contribution is 2.18. The fraction of sp³-hybridized carbons (Fsp3) is 0.744. The maximum atomic E-state index is 12.6. The van der Waals surface area contributed by atoms with E-state index in [2.05, 4.69) is 60.9 Å². The van der Waals surface area contributed by atoms with E-state index in [-0.39, 0.29) is 30.9 Å². The summed E-state index contributed by atoms with van der Waals surface area (Å²) in [6, 6.07) is -1.39. The van der Waals surface area contributed by atoms with Gasteiger partial charge in [0.25, 0.3) is 0 Å². The molecule has 0 aromatic rings. The van der Waals surface area contributed by atoms with Gasteiger partial charge in [0.1, 0.15) is 12.1 Å². The molecule has 0 aliphatic heterocycles. The van der Waals surface area contributed by atoms with Crippen LogP contribution in [0.2, 0.25) is 0 Å². The van der Waals surface area contributed by atoms with Crippen molar-refractivity contribution in [2.45, 2.75) is 174 Å². The molecule has 0 spiro atoms. The van der Waals surface area contributed by atoms with Crippen LogP contribution in [0.15, 0.2) is 36.5 Å². The fourth-order valence-electron chi connectivity index (χ4n) is 5.26. The van der Waals surface area contributed by atoms with Crippen molar-refractivity contribution in [1.82, 2.24) is 10.6 Å². The predicted octanol–water partition coefficient (Wildman–Crippen LogP) is 8.26. The maximum Gasteiger partial charge on any atom is 0.328 e. The average Bonchev–Trinajstić information content (AvgIpc) is 3.07. The average molecular weight is 677 g/mol. The number of allylic oxidation sites excluding steroid dienone is 6. The SMILES string of the molecule is CC/C=C\C/C=C\C/C=C\CCCCCCCCCC(=O)OC(CCCCCC)CCCCCCC(=O)NCC(=O)NC(CO)C(=O)O. The van der Waals surface area contributed by atoms with Crippen LogP contribution in [0.25, 0.3) is 0 Å². The lowest BCUT2D eigenvalue weighted by atomic mass is 10.0. The minimum absolute atomic E-state index is 0.0438. The lowest BCUT2D eigenvalue weighted by molar-refractivity contribution is -0.150. The Kier molecular flexibility index (Phi) is 31.9. The molecule has 0 aromatic carbocycles. The number of nitrogens with one attached hydrogen (secondary N) is 2. The molecule has 2 amide bonds. The molecule has 0 saturated carbocycles. The van der Waals surface area contributed by atoms with Crippen LogP contribution in [0, 0.1) is 0 Å². The summed E-state index contributed by atoms with van der Waals surface area (Å²) in [5.74, 6) is -2.35. The number of esters is 1. The van der Waals surface area contributed by atoms with E-state index in [1.54, 1.807) is 0 Å². The van der Waals surface area contributed by atoms with Gasteiger partial charge in [0.2, 0.25) is 11.8 Å². The molecule has 9 heteroatoms. The van der Waals surface area contributed by atoms with Crippen LogP contribution in [0.3, 0.4) is 0 Å². The number of carbonyl (C=O) groups excluding carboxylic acids is 3. The summed E-state index contributed by atoms with van der Waals surface area (Å²) in [7, 11) is 0. The first-order valence-electron chi connectivity index (χ1n) is 18.9. The molecule has 9 nitrogen and oxygen atoms in total. The van der Waals surface area contributed by atoms with Gasteiger partial charge < -0.3 is 25.6 Å². The minimum atomic E-state index is -1.39. The van der Waals surface area contributed by atoms with Gasteiger partial charge in [-0.15, -0.1) is 0 Å². The van der Waals surface area contributed by atoms with Gasteiger partial charge in [-0.1, -0.05) is 115 Å². The van der Waals surface area contributed by atoms with Crippen LogP contribution in [-0.2, 0) is 23.9 Å². The normalized spacial score (nSPS) is 12.9. The zero-order valence-electron chi connectivity index (χ0n) is 30.2. The number of carboxylic acid groups (broad SMARTS) is 1. The van der Waals surface area contributed by atoms with E-state index in [9.17, 15) is 19.2 Å². The van der Waals surface area contributed by atoms with Gasteiger partial charge in [-0.25, -0.2) is 4.79 Å². The second kappa shape index (κ2) is 33.9. The molecule has 0 aromatic heterocycles. The Bertz CT molecular complexity index is 916. The van der Waals surface area contributed by atoms with Crippen LogP contribution in [-0.4, -0.2) is 59.3 Å². The number of hydrogen-bond acceptors (Lipinski definition) is 6. The van der Waals surface area contributed by atoms with Gasteiger partial charge in [0.15, 0.2) is 0 Å². The molecule has 2 atom stereocenters. The van der Waals surface area contributed by atoms with E-state index < -0.39 is 24.5 Å². The van der Waals surface area contributed by atoms with Gasteiger partial charge >= 0.3 is 11.9 Å². The van der Waals surface area contributed by atoms with Crippen molar-refractivity contribution in [2.75, 3.05) is 13.2 Å². The number of aliphatic hydroxyl groups excluding tert-OH is 1. The number of aliphatic hydroxyl groups is 1. The number of ether oxygens (including phenoxy) is 1. The standard InChI is InChI=1S/C39H68N2O7/c1-3-5-7-9-10-11-12-13-14-15-16-17-18-19-20-21-27-31-38(45)48-34(28-24-8-6-4-2)29-25-22-23-26-30-36(43)40-32-37(44)41-35(33-42)39(46)47/h5,7,10-11,13-14,34-35,42H,3-4,6,8-9,12,15-33H2,1-2H3,(H,40,43)(H,41,44)(H,46,47)/b7-5-,11-10-,14-13-. The highest BCUT2D eigenvalue weighted by molar-refractivity contribution is 5.87. The topological polar surface area (TPSA) is 142 Å². The van der Waals surface area contributed by atoms with Crippen LogP contribution in [0.1, 0.15) is 162 Å². The summed E-state index contributed by atoms with van der Waals surface area (Å²) in [4.78, 5) is 47.2. The molecule has 0 fully saturated rings. The summed E-state index contributed by atoms with van der Waals surface area (Å²) in [6.45, 7) is 3.29. The van der Waals surface area contributed by atoms with Crippen LogP contribution in [0.5, 0.6) is 0 Å². The molecule has 276 valence electrons. The molecule has 0 heterocycles. The minimum Gasteiger partial charge on any atom is -0.480 e. The summed E-state index contributed by atoms with van der Waals surface area (Å²) in [5.41, 5.74) is 0. The molecule has 0 radical (unpaired) electrons. The summed E-state index contributed by atoms with van der Waals surface area (Å²) < 4.78 is 5.90. The number of unbranched alkanes of at least 4 members (excludes halogenated alkanes) is 13. The van der Waals surface area contributed by atoms with Crippen molar-refractivity contribution >= 4 is 23.8 Å². The Balaban J connectivity index is 4.03. The van der Waals surface area contributed by atoms with Crippen LogP contribution < -0.4 is 10.6 Å². The van der Waals surface area contributed by atoms with Crippen molar-refractivity contribution < 1.29 is 34.1 Å². The molecule has 4 N–H and O–H groups in total. The molecule has 2 unspecified atom stereocenters. The summed E-state index contributed by atoms with van der Waals surface area (Å²) >= 11 is 0. The summed E-state index contributed by atoms with van der Waals surface area (Å²) in [6.07, 6.45) is 36.2. The number of carboxylic acids is 1. The van der Waals surface area contributed by atoms with E-state index >= 15 is 0 Å². The quantitative estimate of drug-likeness (QED) is 0.0311. The molecule has 0 aliphatic carbocycles. The van der Waals surface area contributed by atoms with Crippen molar-refractivity contribution in [2.24, 2.45) is 0 Å². The van der Waals surface area contributed by atoms with Gasteiger partial charge in [0.05, 0.1) is 13.2 Å². The molecule has 0 saturated heterocycles. The van der Waals surface area contributed by atoms with Crippen molar-refractivity contribution in [3.63, 3.8) is 0 Å². The van der Waals surface area contributed by atoms with Gasteiger partial charge in [0, 0.05) is 12.8 Å². The number of carbonyl (C=O) groups is 4. The first-order chi connectivity index (χ1) is 23.3. The third-order valence-corrected chi connectivity index (χ3v) is 8.15. The zero-order chi connectivity index (χ0) is 35.5. The van der Waals surface area contributed by atoms with Gasteiger partial charge in [-0.2, -0.15) is 0 Å². The molecule has 48 heavy (non-hydrogen) atoms. The third kappa shape index (κ3) is 30.4. The monoisotopic (exact) mass is 677 g/mol. The number of aliphatic carboxylic acids is 1. The first kappa shape index (κ1) is 45.1. The molecule has 0 aliphatic rings. The largest absolute Gasteiger partial charge is 0.480 e. The predicted molar refractivity (Wildman–Crippen MR) is 195 cm³/mol. The zero-order valence-corrected chi connectivity index (χ0v) is 30.2. The second-order valence-corrected chi connectivity index (χ2v) is 12.6. The lowest BCUT2D eigenvalue weighted by Gasteiger charge is -2.18. The van der Waals surface area contributed by atoms with E-state index in [0.29, 0.717) is 12.8 Å². The Labute approximate surface area is 291 Å². The Hall–Kier alpha value is -2.94. The smallest absolute Gasteiger partial charge is 0.328 e. The highest BCUT2D eigenvalue weighted by Gasteiger charge is 2.19. The van der Waals surface area contributed by atoms with Crippen molar-refractivity contribution in [3.8, 4) is 0 Å². The van der Waals surface area contributed by atoms with E-state index in [4.69, 9.17) is 14.9 Å². The molecular weight excluding hydrogens is 608 g/mol. The van der Waals surface area contributed by atoms with Crippen molar-refractivity contribution in [3.05, 3.63) is 36.5 Å². The van der Waals surface area contributed by atoms with E-state index in [0.717, 1.165) is 83.5 Å². The fourth-order valence-corrected chi connectivity index (χ4v) is 5.26. The second-order valence-electron chi connectivity index (χ2n) is 12.6. The van der Waals surface area contributed by atoms with E-state index in [1.165, 1.54) is 44.9 Å².